The molecule has 0 aliphatic rings. The first-order valence-corrected chi connectivity index (χ1v) is 8.99. The molecule has 0 aromatic heterocycles. The second-order valence-corrected chi connectivity index (χ2v) is 7.13. The van der Waals surface area contributed by atoms with Gasteiger partial charge in [0.2, 0.25) is 0 Å². The average molecular weight is 415 g/mol. The number of halogens is 1. The van der Waals surface area contributed by atoms with Gasteiger partial charge >= 0.3 is 16.1 Å². The first kappa shape index (κ1) is 18.3. The number of carbonyl (C=O) groups excluding carboxylic acids is 1. The van der Waals surface area contributed by atoms with Crippen molar-refractivity contribution in [2.75, 3.05) is 14.2 Å². The Balaban J connectivity index is 2.17. The van der Waals surface area contributed by atoms with Gasteiger partial charge in [-0.2, -0.15) is 8.42 Å². The Morgan fingerprint density at radius 1 is 1.08 bits per heavy atom. The third-order valence-corrected chi connectivity index (χ3v) is 4.98. The Hall–Kier alpha value is -2.06. The zero-order valence-electron chi connectivity index (χ0n) is 13.0. The molecule has 0 heterocycles. The Morgan fingerprint density at radius 3 is 2.29 bits per heavy atom. The number of rotatable bonds is 6. The van der Waals surface area contributed by atoms with Gasteiger partial charge in [0.05, 0.1) is 25.1 Å². The van der Waals surface area contributed by atoms with Crippen LogP contribution in [0.3, 0.4) is 0 Å². The topological polar surface area (TPSA) is 78.9 Å². The number of hydrogen-bond donors (Lipinski definition) is 0. The van der Waals surface area contributed by atoms with Crippen LogP contribution in [0.25, 0.3) is 0 Å². The van der Waals surface area contributed by atoms with Crippen molar-refractivity contribution in [3.05, 3.63) is 52.5 Å². The fraction of sp³-hybridized carbons (Fsp3) is 0.188. The van der Waals surface area contributed by atoms with Crippen LogP contribution in [0.5, 0.6) is 11.5 Å². The molecule has 0 bridgehead atoms. The summed E-state index contributed by atoms with van der Waals surface area (Å²) in [5, 5.41) is 0. The highest BCUT2D eigenvalue weighted by molar-refractivity contribution is 9.10. The SMILES string of the molecule is COC(=O)Cc1ccc(OS(=O)(=O)c2ccc(OC)c(Br)c2)cc1. The van der Waals surface area contributed by atoms with Crippen LogP contribution in [0.1, 0.15) is 5.56 Å². The summed E-state index contributed by atoms with van der Waals surface area (Å²) in [6.45, 7) is 0. The van der Waals surface area contributed by atoms with E-state index in [1.807, 2.05) is 0 Å². The molecule has 6 nitrogen and oxygen atoms in total. The second-order valence-electron chi connectivity index (χ2n) is 4.73. The quantitative estimate of drug-likeness (QED) is 0.533. The van der Waals surface area contributed by atoms with Crippen LogP contribution in [0.2, 0.25) is 0 Å². The van der Waals surface area contributed by atoms with Gasteiger partial charge in [0, 0.05) is 0 Å². The maximum absolute atomic E-state index is 12.3. The highest BCUT2D eigenvalue weighted by atomic mass is 79.9. The predicted octanol–water partition coefficient (Wildman–Crippen LogP) is 2.94. The average Bonchev–Trinajstić information content (AvgIpc) is 2.56. The van der Waals surface area contributed by atoms with Crippen LogP contribution >= 0.6 is 15.9 Å². The molecule has 0 N–H and O–H groups in total. The molecular formula is C16H15BrO6S. The molecule has 0 saturated carbocycles. The monoisotopic (exact) mass is 414 g/mol. The molecule has 0 spiro atoms. The van der Waals surface area contributed by atoms with Crippen molar-refractivity contribution in [1.29, 1.82) is 0 Å². The summed E-state index contributed by atoms with van der Waals surface area (Å²) in [5.74, 6) is 0.288. The van der Waals surface area contributed by atoms with Gasteiger partial charge < -0.3 is 13.7 Å². The van der Waals surface area contributed by atoms with Crippen LogP contribution in [0.15, 0.2) is 51.8 Å². The highest BCUT2D eigenvalue weighted by Crippen LogP contribution is 2.28. The van der Waals surface area contributed by atoms with Gasteiger partial charge in [-0.05, 0) is 51.8 Å². The maximum Gasteiger partial charge on any atom is 0.339 e. The van der Waals surface area contributed by atoms with Gasteiger partial charge in [0.15, 0.2) is 0 Å². The van der Waals surface area contributed by atoms with E-state index in [-0.39, 0.29) is 23.0 Å². The zero-order valence-corrected chi connectivity index (χ0v) is 15.4. The first-order chi connectivity index (χ1) is 11.4. The molecule has 0 atom stereocenters. The van der Waals surface area contributed by atoms with E-state index in [1.165, 1.54) is 44.6 Å². The van der Waals surface area contributed by atoms with E-state index in [1.54, 1.807) is 12.1 Å². The summed E-state index contributed by atoms with van der Waals surface area (Å²) >= 11 is 3.24. The van der Waals surface area contributed by atoms with E-state index in [0.29, 0.717) is 15.8 Å². The van der Waals surface area contributed by atoms with Crippen LogP contribution in [-0.2, 0) is 26.1 Å². The lowest BCUT2D eigenvalue weighted by atomic mass is 10.1. The molecule has 2 rings (SSSR count). The number of hydrogen-bond acceptors (Lipinski definition) is 6. The summed E-state index contributed by atoms with van der Waals surface area (Å²) in [5.41, 5.74) is 0.693. The van der Waals surface area contributed by atoms with Gasteiger partial charge in [-0.25, -0.2) is 0 Å². The fourth-order valence-corrected chi connectivity index (χ4v) is 3.53. The van der Waals surface area contributed by atoms with Crippen LogP contribution in [0.4, 0.5) is 0 Å². The molecule has 0 radical (unpaired) electrons. The summed E-state index contributed by atoms with van der Waals surface area (Å²) in [6.07, 6.45) is 0.106. The molecule has 0 aliphatic heterocycles. The number of esters is 1. The van der Waals surface area contributed by atoms with Crippen LogP contribution in [-0.4, -0.2) is 28.6 Å². The third kappa shape index (κ3) is 4.48. The minimum Gasteiger partial charge on any atom is -0.496 e. The molecule has 8 heteroatoms. The lowest BCUT2D eigenvalue weighted by Gasteiger charge is -2.09. The Morgan fingerprint density at radius 2 is 1.75 bits per heavy atom. The van der Waals surface area contributed by atoms with E-state index in [4.69, 9.17) is 8.92 Å². The van der Waals surface area contributed by atoms with Crippen molar-refractivity contribution >= 4 is 32.0 Å². The zero-order chi connectivity index (χ0) is 17.7. The molecule has 2 aromatic carbocycles. The molecule has 0 saturated heterocycles. The van der Waals surface area contributed by atoms with Crippen molar-refractivity contribution < 1.29 is 26.9 Å². The Kier molecular flexibility index (Phi) is 5.84. The van der Waals surface area contributed by atoms with Gasteiger partial charge in [-0.15, -0.1) is 0 Å². The molecule has 0 aliphatic carbocycles. The van der Waals surface area contributed by atoms with Gasteiger partial charge in [0.25, 0.3) is 0 Å². The third-order valence-electron chi connectivity index (χ3n) is 3.12. The van der Waals surface area contributed by atoms with Crippen LogP contribution in [0, 0.1) is 0 Å². The van der Waals surface area contributed by atoms with Crippen molar-refractivity contribution in [3.8, 4) is 11.5 Å². The number of carbonyl (C=O) groups is 1. The number of methoxy groups -OCH3 is 2. The van der Waals surface area contributed by atoms with Gasteiger partial charge in [0.1, 0.15) is 16.4 Å². The maximum atomic E-state index is 12.3. The number of ether oxygens (including phenoxy) is 2. The smallest absolute Gasteiger partial charge is 0.339 e. The normalized spacial score (nSPS) is 11.0. The van der Waals surface area contributed by atoms with Gasteiger partial charge in [-0.3, -0.25) is 4.79 Å². The van der Waals surface area contributed by atoms with Crippen molar-refractivity contribution in [3.63, 3.8) is 0 Å². The summed E-state index contributed by atoms with van der Waals surface area (Å²) < 4.78 is 39.8. The van der Waals surface area contributed by atoms with Crippen molar-refractivity contribution in [1.82, 2.24) is 0 Å². The van der Waals surface area contributed by atoms with Gasteiger partial charge in [-0.1, -0.05) is 12.1 Å². The highest BCUT2D eigenvalue weighted by Gasteiger charge is 2.18. The van der Waals surface area contributed by atoms with E-state index >= 15 is 0 Å². The summed E-state index contributed by atoms with van der Waals surface area (Å²) in [6, 6.07) is 10.5. The Labute approximate surface area is 148 Å². The van der Waals surface area contributed by atoms with E-state index in [9.17, 15) is 13.2 Å². The molecule has 0 fully saturated rings. The van der Waals surface area contributed by atoms with Crippen molar-refractivity contribution in [2.24, 2.45) is 0 Å². The number of benzene rings is 2. The molecule has 0 unspecified atom stereocenters. The van der Waals surface area contributed by atoms with E-state index in [0.717, 1.165) is 0 Å². The second kappa shape index (κ2) is 7.67. The largest absolute Gasteiger partial charge is 0.496 e. The Bertz CT molecular complexity index is 830. The standard InChI is InChI=1S/C16H15BrO6S/c1-21-15-8-7-13(10-14(15)17)24(19,20)23-12-5-3-11(4-6-12)9-16(18)22-2/h3-8,10H,9H2,1-2H3. The lowest BCUT2D eigenvalue weighted by Crippen LogP contribution is -2.10. The van der Waals surface area contributed by atoms with E-state index < -0.39 is 10.1 Å². The first-order valence-electron chi connectivity index (χ1n) is 6.79. The minimum atomic E-state index is -3.98. The molecule has 24 heavy (non-hydrogen) atoms. The molecule has 2 aromatic rings. The predicted molar refractivity (Wildman–Crippen MR) is 90.7 cm³/mol. The van der Waals surface area contributed by atoms with Crippen molar-refractivity contribution in [2.45, 2.75) is 11.3 Å². The fourth-order valence-electron chi connectivity index (χ4n) is 1.88. The molecule has 0 amide bonds. The molecular weight excluding hydrogens is 400 g/mol. The van der Waals surface area contributed by atoms with Crippen LogP contribution < -0.4 is 8.92 Å². The molecule has 128 valence electrons. The lowest BCUT2D eigenvalue weighted by molar-refractivity contribution is -0.139. The summed E-state index contributed by atoms with van der Waals surface area (Å²) in [7, 11) is -1.19. The van der Waals surface area contributed by atoms with E-state index in [2.05, 4.69) is 20.7 Å². The summed E-state index contributed by atoms with van der Waals surface area (Å²) in [4.78, 5) is 11.2. The minimum absolute atomic E-state index is 0.00573.